The second-order valence-electron chi connectivity index (χ2n) is 5.24. The van der Waals surface area contributed by atoms with Crippen LogP contribution in [-0.4, -0.2) is 30.3 Å². The fourth-order valence-electron chi connectivity index (χ4n) is 2.11. The molecule has 0 aliphatic rings. The van der Waals surface area contributed by atoms with E-state index >= 15 is 0 Å². The largest absolute Gasteiger partial charge is 0.479 e. The molecule has 1 aromatic rings. The number of hydrogen-bond donors (Lipinski definition) is 2. The minimum atomic E-state index is -0.881. The van der Waals surface area contributed by atoms with Crippen LogP contribution in [0.25, 0.3) is 0 Å². The number of ether oxygens (including phenoxy) is 1. The molecule has 112 valence electrons. The first kappa shape index (κ1) is 16.7. The predicted octanol–water partition coefficient (Wildman–Crippen LogP) is 2.46. The molecule has 0 radical (unpaired) electrons. The first-order chi connectivity index (χ1) is 9.63. The van der Waals surface area contributed by atoms with Crippen LogP contribution in [0.4, 0.5) is 0 Å². The summed E-state index contributed by atoms with van der Waals surface area (Å²) in [6.07, 6.45) is 2.35. The molecular formula is C16H25NO3. The summed E-state index contributed by atoms with van der Waals surface area (Å²) in [5.74, 6) is -0.581. The average Bonchev–Trinajstić information content (AvgIpc) is 2.43. The molecule has 0 aliphatic carbocycles. The first-order valence-electron chi connectivity index (χ1n) is 7.22. The Kier molecular flexibility index (Phi) is 7.92. The highest BCUT2D eigenvalue weighted by atomic mass is 16.5. The minimum absolute atomic E-state index is 0.300. The standard InChI is InChI=1S/C16H25NO3/c1-13(11-14-7-3-2-4-8-14)12-20-15(16(18)19)9-5-6-10-17/h2-4,7-8,13,15H,5-6,9-12,17H2,1H3,(H,18,19). The Morgan fingerprint density at radius 3 is 2.60 bits per heavy atom. The Morgan fingerprint density at radius 2 is 2.00 bits per heavy atom. The summed E-state index contributed by atoms with van der Waals surface area (Å²) in [5.41, 5.74) is 6.66. The minimum Gasteiger partial charge on any atom is -0.479 e. The zero-order chi connectivity index (χ0) is 14.8. The number of carboxylic acid groups (broad SMARTS) is 1. The number of unbranched alkanes of at least 4 members (excludes halogenated alkanes) is 1. The third kappa shape index (κ3) is 6.68. The lowest BCUT2D eigenvalue weighted by molar-refractivity contribution is -0.151. The molecule has 2 atom stereocenters. The normalized spacial score (nSPS) is 13.9. The van der Waals surface area contributed by atoms with Gasteiger partial charge < -0.3 is 15.6 Å². The molecule has 0 aromatic heterocycles. The summed E-state index contributed by atoms with van der Waals surface area (Å²) in [5, 5.41) is 9.12. The summed E-state index contributed by atoms with van der Waals surface area (Å²) in [6, 6.07) is 10.2. The van der Waals surface area contributed by atoms with Crippen LogP contribution in [-0.2, 0) is 16.0 Å². The summed E-state index contributed by atoms with van der Waals surface area (Å²) in [7, 11) is 0. The number of aliphatic carboxylic acids is 1. The molecule has 0 amide bonds. The third-order valence-corrected chi connectivity index (χ3v) is 3.20. The van der Waals surface area contributed by atoms with Gasteiger partial charge in [-0.3, -0.25) is 0 Å². The van der Waals surface area contributed by atoms with Gasteiger partial charge in [0.25, 0.3) is 0 Å². The molecular weight excluding hydrogens is 254 g/mol. The zero-order valence-electron chi connectivity index (χ0n) is 12.1. The molecule has 2 unspecified atom stereocenters. The van der Waals surface area contributed by atoms with Crippen molar-refractivity contribution in [3.8, 4) is 0 Å². The molecule has 1 aromatic carbocycles. The summed E-state index contributed by atoms with van der Waals surface area (Å²) in [6.45, 7) is 3.14. The van der Waals surface area contributed by atoms with Gasteiger partial charge in [-0.1, -0.05) is 37.3 Å². The Labute approximate surface area is 120 Å². The summed E-state index contributed by atoms with van der Waals surface area (Å²) in [4.78, 5) is 11.1. The van der Waals surface area contributed by atoms with Crippen molar-refractivity contribution in [2.45, 2.75) is 38.7 Å². The van der Waals surface area contributed by atoms with Gasteiger partial charge in [0.1, 0.15) is 0 Å². The van der Waals surface area contributed by atoms with Crippen molar-refractivity contribution in [2.24, 2.45) is 11.7 Å². The van der Waals surface area contributed by atoms with Crippen LogP contribution in [0.3, 0.4) is 0 Å². The highest BCUT2D eigenvalue weighted by Gasteiger charge is 2.18. The Bertz CT molecular complexity index is 381. The number of carbonyl (C=O) groups is 1. The van der Waals surface area contributed by atoms with Gasteiger partial charge in [-0.05, 0) is 43.7 Å². The van der Waals surface area contributed by atoms with Crippen molar-refractivity contribution in [3.63, 3.8) is 0 Å². The predicted molar refractivity (Wildman–Crippen MR) is 79.6 cm³/mol. The number of carboxylic acids is 1. The van der Waals surface area contributed by atoms with E-state index in [9.17, 15) is 4.79 Å². The van der Waals surface area contributed by atoms with Crippen LogP contribution in [0, 0.1) is 5.92 Å². The number of benzene rings is 1. The highest BCUT2D eigenvalue weighted by molar-refractivity contribution is 5.72. The quantitative estimate of drug-likeness (QED) is 0.645. The van der Waals surface area contributed by atoms with E-state index in [1.54, 1.807) is 0 Å². The molecule has 0 aliphatic heterocycles. The van der Waals surface area contributed by atoms with Crippen molar-refractivity contribution in [1.29, 1.82) is 0 Å². The van der Waals surface area contributed by atoms with Crippen LogP contribution < -0.4 is 5.73 Å². The van der Waals surface area contributed by atoms with Crippen LogP contribution in [0.2, 0.25) is 0 Å². The monoisotopic (exact) mass is 279 g/mol. The van der Waals surface area contributed by atoms with E-state index in [4.69, 9.17) is 15.6 Å². The number of nitrogens with two attached hydrogens (primary N) is 1. The van der Waals surface area contributed by atoms with E-state index in [0.717, 1.165) is 19.3 Å². The van der Waals surface area contributed by atoms with Gasteiger partial charge in [0.05, 0.1) is 6.61 Å². The van der Waals surface area contributed by atoms with Crippen molar-refractivity contribution in [1.82, 2.24) is 0 Å². The Hall–Kier alpha value is -1.39. The molecule has 1 rings (SSSR count). The highest BCUT2D eigenvalue weighted by Crippen LogP contribution is 2.12. The maximum atomic E-state index is 11.1. The molecule has 4 heteroatoms. The smallest absolute Gasteiger partial charge is 0.332 e. The molecule has 20 heavy (non-hydrogen) atoms. The molecule has 0 saturated heterocycles. The van der Waals surface area contributed by atoms with E-state index in [2.05, 4.69) is 19.1 Å². The molecule has 0 spiro atoms. The second kappa shape index (κ2) is 9.50. The zero-order valence-corrected chi connectivity index (χ0v) is 12.1. The lowest BCUT2D eigenvalue weighted by Crippen LogP contribution is -2.26. The van der Waals surface area contributed by atoms with E-state index in [-0.39, 0.29) is 0 Å². The van der Waals surface area contributed by atoms with E-state index in [0.29, 0.717) is 25.5 Å². The van der Waals surface area contributed by atoms with Crippen molar-refractivity contribution in [3.05, 3.63) is 35.9 Å². The number of rotatable bonds is 10. The molecule has 0 heterocycles. The lowest BCUT2D eigenvalue weighted by atomic mass is 10.0. The average molecular weight is 279 g/mol. The van der Waals surface area contributed by atoms with Gasteiger partial charge in [0, 0.05) is 0 Å². The lowest BCUT2D eigenvalue weighted by Gasteiger charge is -2.17. The fraction of sp³-hybridized carbons (Fsp3) is 0.562. The maximum absolute atomic E-state index is 11.1. The van der Waals surface area contributed by atoms with Gasteiger partial charge in [0.2, 0.25) is 0 Å². The van der Waals surface area contributed by atoms with Crippen molar-refractivity contribution >= 4 is 5.97 Å². The van der Waals surface area contributed by atoms with Crippen LogP contribution in [0.1, 0.15) is 31.7 Å². The molecule has 0 fully saturated rings. The van der Waals surface area contributed by atoms with Gasteiger partial charge in [-0.2, -0.15) is 0 Å². The molecule has 0 bridgehead atoms. The summed E-state index contributed by atoms with van der Waals surface area (Å²) >= 11 is 0. The van der Waals surface area contributed by atoms with E-state index < -0.39 is 12.1 Å². The van der Waals surface area contributed by atoms with E-state index in [1.807, 2.05) is 18.2 Å². The van der Waals surface area contributed by atoms with Crippen molar-refractivity contribution in [2.75, 3.05) is 13.2 Å². The molecule has 3 N–H and O–H groups in total. The maximum Gasteiger partial charge on any atom is 0.332 e. The Balaban J connectivity index is 2.32. The van der Waals surface area contributed by atoms with Crippen LogP contribution >= 0.6 is 0 Å². The topological polar surface area (TPSA) is 72.5 Å². The SMILES string of the molecule is CC(COC(CCCCN)C(=O)O)Cc1ccccc1. The molecule has 4 nitrogen and oxygen atoms in total. The second-order valence-corrected chi connectivity index (χ2v) is 5.24. The van der Waals surface area contributed by atoms with Gasteiger partial charge >= 0.3 is 5.97 Å². The van der Waals surface area contributed by atoms with Gasteiger partial charge in [0.15, 0.2) is 6.10 Å². The number of hydrogen-bond acceptors (Lipinski definition) is 3. The summed E-state index contributed by atoms with van der Waals surface area (Å²) < 4.78 is 5.54. The van der Waals surface area contributed by atoms with Gasteiger partial charge in [-0.25, -0.2) is 4.79 Å². The van der Waals surface area contributed by atoms with E-state index in [1.165, 1.54) is 5.56 Å². The Morgan fingerprint density at radius 1 is 1.30 bits per heavy atom. The molecule has 0 saturated carbocycles. The van der Waals surface area contributed by atoms with Crippen molar-refractivity contribution < 1.29 is 14.6 Å². The first-order valence-corrected chi connectivity index (χ1v) is 7.22. The van der Waals surface area contributed by atoms with Crippen LogP contribution in [0.15, 0.2) is 30.3 Å². The van der Waals surface area contributed by atoms with Gasteiger partial charge in [-0.15, -0.1) is 0 Å². The fourth-order valence-corrected chi connectivity index (χ4v) is 2.11. The third-order valence-electron chi connectivity index (χ3n) is 3.20. The van der Waals surface area contributed by atoms with Crippen LogP contribution in [0.5, 0.6) is 0 Å².